The summed E-state index contributed by atoms with van der Waals surface area (Å²) in [6.45, 7) is 1.90. The molecule has 0 heterocycles. The van der Waals surface area contributed by atoms with Gasteiger partial charge in [0, 0.05) is 0 Å². The summed E-state index contributed by atoms with van der Waals surface area (Å²) in [5.74, 6) is 5.57. The summed E-state index contributed by atoms with van der Waals surface area (Å²) in [4.78, 5) is 0. The second kappa shape index (κ2) is 4.11. The van der Waals surface area contributed by atoms with Gasteiger partial charge in [-0.3, -0.25) is 0 Å². The molecule has 0 aromatic rings. The number of aliphatic hydroxyl groups excluding tert-OH is 1. The molecule has 0 spiro atoms. The van der Waals surface area contributed by atoms with Crippen LogP contribution in [-0.4, -0.2) is 29.2 Å². The van der Waals surface area contributed by atoms with Crippen molar-refractivity contribution < 1.29 is 5.11 Å². The summed E-state index contributed by atoms with van der Waals surface area (Å²) in [7, 11) is 0. The van der Waals surface area contributed by atoms with Crippen molar-refractivity contribution >= 4 is 5.84 Å². The Balaban J connectivity index is 3.49. The maximum atomic E-state index is 8.32. The predicted octanol–water partition coefficient (Wildman–Crippen LogP) is -1.55. The van der Waals surface area contributed by atoms with Gasteiger partial charge in [-0.15, -0.1) is 5.10 Å². The Morgan fingerprint density at radius 1 is 1.78 bits per heavy atom. The number of amidine groups is 1. The van der Waals surface area contributed by atoms with E-state index in [9.17, 15) is 0 Å². The highest BCUT2D eigenvalue weighted by atomic mass is 16.3. The molecule has 54 valence electrons. The van der Waals surface area contributed by atoms with Crippen molar-refractivity contribution in [3.8, 4) is 0 Å². The van der Waals surface area contributed by atoms with Gasteiger partial charge < -0.3 is 10.8 Å². The van der Waals surface area contributed by atoms with Gasteiger partial charge >= 0.3 is 0 Å². The maximum Gasteiger partial charge on any atom is 0.118 e. The zero-order valence-corrected chi connectivity index (χ0v) is 5.41. The molecule has 9 heavy (non-hydrogen) atoms. The van der Waals surface area contributed by atoms with Crippen molar-refractivity contribution in [3.05, 3.63) is 0 Å². The van der Waals surface area contributed by atoms with Gasteiger partial charge in [0.2, 0.25) is 0 Å². The number of nitrogens with zero attached hydrogens (tertiary/aromatic N) is 2. The van der Waals surface area contributed by atoms with Crippen LogP contribution < -0.4 is 11.6 Å². The van der Waals surface area contributed by atoms with Crippen LogP contribution in [0.15, 0.2) is 5.10 Å². The third kappa shape index (κ3) is 5.05. The van der Waals surface area contributed by atoms with E-state index in [-0.39, 0.29) is 6.61 Å². The van der Waals surface area contributed by atoms with E-state index in [2.05, 4.69) is 5.10 Å². The van der Waals surface area contributed by atoms with Gasteiger partial charge in [0.05, 0.1) is 13.2 Å². The van der Waals surface area contributed by atoms with E-state index >= 15 is 0 Å². The average molecular weight is 132 g/mol. The number of aliphatic hydroxyl groups is 1. The summed E-state index contributed by atoms with van der Waals surface area (Å²) in [6.07, 6.45) is 0. The summed E-state index contributed by atoms with van der Waals surface area (Å²) < 4.78 is 0. The summed E-state index contributed by atoms with van der Waals surface area (Å²) >= 11 is 0. The van der Waals surface area contributed by atoms with E-state index in [0.717, 1.165) is 5.12 Å². The molecule has 0 aromatic heterocycles. The Hall–Kier alpha value is -0.810. The predicted molar refractivity (Wildman–Crippen MR) is 35.3 cm³/mol. The van der Waals surface area contributed by atoms with E-state index in [0.29, 0.717) is 12.4 Å². The molecule has 5 nitrogen and oxygen atoms in total. The first-order chi connectivity index (χ1) is 4.16. The van der Waals surface area contributed by atoms with Gasteiger partial charge in [-0.25, -0.2) is 11.0 Å². The lowest BCUT2D eigenvalue weighted by Crippen LogP contribution is -2.30. The summed E-state index contributed by atoms with van der Waals surface area (Å²) in [5, 5.41) is 13.0. The zero-order chi connectivity index (χ0) is 7.28. The van der Waals surface area contributed by atoms with Crippen LogP contribution in [0.4, 0.5) is 0 Å². The van der Waals surface area contributed by atoms with Gasteiger partial charge in [0.1, 0.15) is 5.84 Å². The molecule has 0 bridgehead atoms. The normalized spacial score (nSPS) is 11.7. The molecule has 5 heteroatoms. The minimum Gasteiger partial charge on any atom is -0.394 e. The van der Waals surface area contributed by atoms with E-state index in [4.69, 9.17) is 16.7 Å². The number of hydrazine groups is 1. The maximum absolute atomic E-state index is 8.32. The number of hydrazone groups is 1. The molecule has 5 N–H and O–H groups in total. The molecule has 0 aliphatic heterocycles. The van der Waals surface area contributed by atoms with Crippen LogP contribution in [0.25, 0.3) is 0 Å². The van der Waals surface area contributed by atoms with Crippen molar-refractivity contribution in [1.82, 2.24) is 5.12 Å². The summed E-state index contributed by atoms with van der Waals surface area (Å²) in [5.41, 5.74) is 5.17. The molecule has 0 saturated heterocycles. The highest BCUT2D eigenvalue weighted by molar-refractivity contribution is 5.76. The van der Waals surface area contributed by atoms with Crippen LogP contribution >= 0.6 is 0 Å². The molecule has 0 radical (unpaired) electrons. The van der Waals surface area contributed by atoms with Crippen molar-refractivity contribution in [2.24, 2.45) is 16.7 Å². The first-order valence-corrected chi connectivity index (χ1v) is 2.60. The lowest BCUT2D eigenvalue weighted by molar-refractivity contribution is 0.204. The molecule has 0 saturated carbocycles. The number of hydrogen-bond donors (Lipinski definition) is 3. The van der Waals surface area contributed by atoms with Crippen LogP contribution in [0.3, 0.4) is 0 Å². The minimum atomic E-state index is -0.0206. The fourth-order valence-electron chi connectivity index (χ4n) is 0.355. The topological polar surface area (TPSA) is 87.9 Å². The van der Waals surface area contributed by atoms with Crippen LogP contribution in [0.1, 0.15) is 6.92 Å². The third-order valence-corrected chi connectivity index (χ3v) is 0.615. The van der Waals surface area contributed by atoms with Crippen LogP contribution in [0, 0.1) is 0 Å². The Labute approximate surface area is 53.9 Å². The van der Waals surface area contributed by atoms with Gasteiger partial charge in [-0.2, -0.15) is 0 Å². The molecule has 0 aliphatic carbocycles. The quantitative estimate of drug-likeness (QED) is 0.188. The van der Waals surface area contributed by atoms with Crippen LogP contribution in [0.5, 0.6) is 0 Å². The van der Waals surface area contributed by atoms with Crippen molar-refractivity contribution in [1.29, 1.82) is 0 Å². The standard InChI is InChI=1S/C4H12N4O/c1-4(5)7-8(6)2-3-9/h9H,2-3,6H2,1H3,(H2,5,7). The Kier molecular flexibility index (Phi) is 3.74. The van der Waals surface area contributed by atoms with Crippen molar-refractivity contribution in [2.75, 3.05) is 13.2 Å². The largest absolute Gasteiger partial charge is 0.394 e. The van der Waals surface area contributed by atoms with Crippen LogP contribution in [0.2, 0.25) is 0 Å². The minimum absolute atomic E-state index is 0.0206. The molecule has 0 unspecified atom stereocenters. The molecule has 0 atom stereocenters. The van der Waals surface area contributed by atoms with Gasteiger partial charge in [-0.1, -0.05) is 0 Å². The van der Waals surface area contributed by atoms with E-state index in [1.807, 2.05) is 0 Å². The molecular weight excluding hydrogens is 120 g/mol. The van der Waals surface area contributed by atoms with Gasteiger partial charge in [0.25, 0.3) is 0 Å². The third-order valence-electron chi connectivity index (χ3n) is 0.615. The number of nitrogens with two attached hydrogens (primary N) is 2. The fourth-order valence-corrected chi connectivity index (χ4v) is 0.355. The second-order valence-electron chi connectivity index (χ2n) is 1.63. The van der Waals surface area contributed by atoms with Crippen molar-refractivity contribution in [3.63, 3.8) is 0 Å². The van der Waals surface area contributed by atoms with Crippen molar-refractivity contribution in [2.45, 2.75) is 6.92 Å². The molecule has 0 amide bonds. The van der Waals surface area contributed by atoms with E-state index in [1.54, 1.807) is 6.92 Å². The van der Waals surface area contributed by atoms with Gasteiger partial charge in [0.15, 0.2) is 0 Å². The second-order valence-corrected chi connectivity index (χ2v) is 1.63. The average Bonchev–Trinajstić information content (AvgIpc) is 1.63. The molecule has 0 aliphatic rings. The molecular formula is C4H12N4O. The highest BCUT2D eigenvalue weighted by Crippen LogP contribution is 1.75. The first kappa shape index (κ1) is 8.19. The lowest BCUT2D eigenvalue weighted by Gasteiger charge is -2.09. The van der Waals surface area contributed by atoms with E-state index < -0.39 is 0 Å². The molecule has 0 fully saturated rings. The smallest absolute Gasteiger partial charge is 0.118 e. The number of hydrogen-bond acceptors (Lipinski definition) is 4. The van der Waals surface area contributed by atoms with E-state index in [1.165, 1.54) is 0 Å². The zero-order valence-electron chi connectivity index (χ0n) is 5.41. The highest BCUT2D eigenvalue weighted by Gasteiger charge is 1.89. The van der Waals surface area contributed by atoms with Gasteiger partial charge in [-0.05, 0) is 6.92 Å². The Morgan fingerprint density at radius 2 is 2.33 bits per heavy atom. The monoisotopic (exact) mass is 132 g/mol. The summed E-state index contributed by atoms with van der Waals surface area (Å²) in [6, 6.07) is 0. The lowest BCUT2D eigenvalue weighted by atomic mass is 10.7. The number of rotatable bonds is 3. The van der Waals surface area contributed by atoms with Crippen LogP contribution in [-0.2, 0) is 0 Å². The Bertz CT molecular complexity index is 98.7. The molecule has 0 rings (SSSR count). The molecule has 0 aromatic carbocycles. The SMILES string of the molecule is C/C(N)=N/N(N)CCO. The Morgan fingerprint density at radius 3 is 2.67 bits per heavy atom. The fraction of sp³-hybridized carbons (Fsp3) is 0.750. The first-order valence-electron chi connectivity index (χ1n) is 2.60.